The Labute approximate surface area is 126 Å². The topological polar surface area (TPSA) is 80.8 Å². The van der Waals surface area contributed by atoms with Crippen molar-refractivity contribution in [3.05, 3.63) is 46.1 Å². The highest BCUT2D eigenvalue weighted by Gasteiger charge is 2.10. The molecule has 0 spiro atoms. The number of rotatable bonds is 6. The van der Waals surface area contributed by atoms with E-state index in [-0.39, 0.29) is 10.1 Å². The van der Waals surface area contributed by atoms with Gasteiger partial charge in [0.2, 0.25) is 5.13 Å². The van der Waals surface area contributed by atoms with Gasteiger partial charge in [-0.3, -0.25) is 10.1 Å². The van der Waals surface area contributed by atoms with Crippen molar-refractivity contribution in [3.8, 4) is 0 Å². The van der Waals surface area contributed by atoms with Crippen LogP contribution in [0.25, 0.3) is 0 Å². The van der Waals surface area contributed by atoms with Gasteiger partial charge in [-0.2, -0.15) is 0 Å². The van der Waals surface area contributed by atoms with Crippen LogP contribution in [-0.4, -0.2) is 9.91 Å². The van der Waals surface area contributed by atoms with Crippen LogP contribution in [0, 0.1) is 16.0 Å². The first kappa shape index (κ1) is 15.2. The third-order valence-electron chi connectivity index (χ3n) is 3.13. The lowest BCUT2D eigenvalue weighted by molar-refractivity contribution is -0.380. The second-order valence-corrected chi connectivity index (χ2v) is 5.81. The Morgan fingerprint density at radius 2 is 2.05 bits per heavy atom. The van der Waals surface area contributed by atoms with E-state index >= 15 is 0 Å². The van der Waals surface area contributed by atoms with Crippen molar-refractivity contribution in [1.29, 1.82) is 0 Å². The molecule has 0 aliphatic carbocycles. The lowest BCUT2D eigenvalue weighted by atomic mass is 9.99. The van der Waals surface area contributed by atoms with Crippen LogP contribution in [0.2, 0.25) is 0 Å². The molecule has 0 saturated carbocycles. The number of benzene rings is 1. The predicted molar refractivity (Wildman–Crippen MR) is 82.5 cm³/mol. The first-order chi connectivity index (χ1) is 10.1. The van der Waals surface area contributed by atoms with E-state index in [0.717, 1.165) is 24.2 Å². The molecule has 0 fully saturated rings. The lowest BCUT2D eigenvalue weighted by Crippen LogP contribution is -1.96. The second kappa shape index (κ2) is 7.03. The maximum Gasteiger partial charge on any atom is 0.345 e. The molecule has 6 nitrogen and oxygen atoms in total. The fourth-order valence-corrected chi connectivity index (χ4v) is 2.29. The summed E-state index contributed by atoms with van der Waals surface area (Å²) < 4.78 is 0. The van der Waals surface area contributed by atoms with Gasteiger partial charge in [0, 0.05) is 0 Å². The number of aromatic nitrogens is 1. The van der Waals surface area contributed by atoms with Crippen LogP contribution in [0.5, 0.6) is 0 Å². The van der Waals surface area contributed by atoms with Gasteiger partial charge in [0.25, 0.3) is 0 Å². The predicted octanol–water partition coefficient (Wildman–Crippen LogP) is 5.06. The number of hydrogen-bond donors (Lipinski definition) is 0. The summed E-state index contributed by atoms with van der Waals surface area (Å²) >= 11 is 0.904. The van der Waals surface area contributed by atoms with Crippen molar-refractivity contribution in [3.63, 3.8) is 0 Å². The monoisotopic (exact) mass is 304 g/mol. The molecule has 1 aromatic carbocycles. The van der Waals surface area contributed by atoms with Crippen LogP contribution in [0.1, 0.15) is 25.8 Å². The molecule has 0 bridgehead atoms. The van der Waals surface area contributed by atoms with Gasteiger partial charge in [0.1, 0.15) is 6.20 Å². The van der Waals surface area contributed by atoms with E-state index in [4.69, 9.17) is 0 Å². The number of azo groups is 1. The van der Waals surface area contributed by atoms with E-state index in [1.54, 1.807) is 0 Å². The SMILES string of the molecule is CCC(C)Cc1ccc(/N=N/c2ncc([N+](=O)[O-])s2)cc1. The fourth-order valence-electron chi connectivity index (χ4n) is 1.73. The fraction of sp³-hybridized carbons (Fsp3) is 0.357. The summed E-state index contributed by atoms with van der Waals surface area (Å²) in [6.45, 7) is 4.41. The van der Waals surface area contributed by atoms with Gasteiger partial charge in [-0.15, -0.1) is 10.2 Å². The van der Waals surface area contributed by atoms with E-state index in [1.165, 1.54) is 11.8 Å². The van der Waals surface area contributed by atoms with Gasteiger partial charge in [0.05, 0.1) is 10.6 Å². The smallest absolute Gasteiger partial charge is 0.257 e. The van der Waals surface area contributed by atoms with E-state index < -0.39 is 4.92 Å². The van der Waals surface area contributed by atoms with Crippen molar-refractivity contribution in [2.45, 2.75) is 26.7 Å². The summed E-state index contributed by atoms with van der Waals surface area (Å²) in [5, 5.41) is 18.7. The highest BCUT2D eigenvalue weighted by molar-refractivity contribution is 7.18. The maximum atomic E-state index is 10.5. The second-order valence-electron chi connectivity index (χ2n) is 4.82. The van der Waals surface area contributed by atoms with Gasteiger partial charge >= 0.3 is 5.00 Å². The minimum atomic E-state index is -0.486. The first-order valence-electron chi connectivity index (χ1n) is 6.69. The van der Waals surface area contributed by atoms with Crippen molar-refractivity contribution in [1.82, 2.24) is 4.98 Å². The van der Waals surface area contributed by atoms with Gasteiger partial charge in [0.15, 0.2) is 0 Å². The molecule has 0 aliphatic heterocycles. The average Bonchev–Trinajstić information content (AvgIpc) is 2.95. The molecule has 21 heavy (non-hydrogen) atoms. The summed E-state index contributed by atoms with van der Waals surface area (Å²) in [5.74, 6) is 0.661. The molecule has 0 saturated heterocycles. The first-order valence-corrected chi connectivity index (χ1v) is 7.51. The lowest BCUT2D eigenvalue weighted by Gasteiger charge is -2.07. The molecule has 0 N–H and O–H groups in total. The third-order valence-corrected chi connectivity index (χ3v) is 3.96. The van der Waals surface area contributed by atoms with Gasteiger partial charge < -0.3 is 0 Å². The zero-order chi connectivity index (χ0) is 15.2. The summed E-state index contributed by atoms with van der Waals surface area (Å²) in [5.41, 5.74) is 1.98. The van der Waals surface area contributed by atoms with Crippen LogP contribution in [0.4, 0.5) is 15.8 Å². The van der Waals surface area contributed by atoms with Crippen LogP contribution in [0.15, 0.2) is 40.7 Å². The largest absolute Gasteiger partial charge is 0.345 e. The van der Waals surface area contributed by atoms with Crippen molar-refractivity contribution < 1.29 is 4.92 Å². The number of nitrogens with zero attached hydrogens (tertiary/aromatic N) is 4. The summed E-state index contributed by atoms with van der Waals surface area (Å²) in [4.78, 5) is 13.9. The Morgan fingerprint density at radius 3 is 2.62 bits per heavy atom. The Hall–Kier alpha value is -2.15. The average molecular weight is 304 g/mol. The molecule has 0 amide bonds. The Morgan fingerprint density at radius 1 is 1.33 bits per heavy atom. The van der Waals surface area contributed by atoms with E-state index in [2.05, 4.69) is 29.1 Å². The van der Waals surface area contributed by atoms with Crippen molar-refractivity contribution in [2.75, 3.05) is 0 Å². The maximum absolute atomic E-state index is 10.5. The molecular formula is C14H16N4O2S. The zero-order valence-corrected chi connectivity index (χ0v) is 12.7. The zero-order valence-electron chi connectivity index (χ0n) is 11.9. The van der Waals surface area contributed by atoms with Crippen LogP contribution in [-0.2, 0) is 6.42 Å². The molecule has 1 atom stereocenters. The van der Waals surface area contributed by atoms with Crippen molar-refractivity contribution >= 4 is 27.2 Å². The highest BCUT2D eigenvalue weighted by atomic mass is 32.1. The molecule has 2 aromatic rings. The van der Waals surface area contributed by atoms with Crippen molar-refractivity contribution in [2.24, 2.45) is 16.1 Å². The molecule has 1 aromatic heterocycles. The molecule has 0 radical (unpaired) electrons. The van der Waals surface area contributed by atoms with E-state index in [9.17, 15) is 10.1 Å². The molecular weight excluding hydrogens is 288 g/mol. The normalized spacial score (nSPS) is 12.7. The molecule has 2 rings (SSSR count). The van der Waals surface area contributed by atoms with E-state index in [1.807, 2.05) is 24.3 Å². The van der Waals surface area contributed by atoms with Crippen LogP contribution in [0.3, 0.4) is 0 Å². The standard InChI is InChI=1S/C14H16N4O2S/c1-3-10(2)8-11-4-6-12(7-5-11)16-17-14-15-9-13(21-14)18(19)20/h4-7,9-10H,3,8H2,1-2H3/b17-16+. The molecule has 110 valence electrons. The van der Waals surface area contributed by atoms with E-state index in [0.29, 0.717) is 11.6 Å². The summed E-state index contributed by atoms with van der Waals surface area (Å²) in [7, 11) is 0. The van der Waals surface area contributed by atoms with Crippen LogP contribution < -0.4 is 0 Å². The number of nitro groups is 1. The molecule has 1 unspecified atom stereocenters. The quantitative estimate of drug-likeness (QED) is 0.425. The number of hydrogen-bond acceptors (Lipinski definition) is 6. The Balaban J connectivity index is 2.02. The Kier molecular flexibility index (Phi) is 5.10. The van der Waals surface area contributed by atoms with Gasteiger partial charge in [-0.05, 0) is 41.4 Å². The number of thiazole rings is 1. The van der Waals surface area contributed by atoms with Crippen LogP contribution >= 0.6 is 11.3 Å². The molecule has 1 heterocycles. The Bertz CT molecular complexity index is 637. The highest BCUT2D eigenvalue weighted by Crippen LogP contribution is 2.28. The minimum Gasteiger partial charge on any atom is -0.257 e. The van der Waals surface area contributed by atoms with Gasteiger partial charge in [-0.25, -0.2) is 4.98 Å². The molecule has 0 aliphatic rings. The van der Waals surface area contributed by atoms with Gasteiger partial charge in [-0.1, -0.05) is 32.4 Å². The molecule has 7 heteroatoms. The summed E-state index contributed by atoms with van der Waals surface area (Å²) in [6.07, 6.45) is 3.39. The minimum absolute atomic E-state index is 0.0344. The third kappa shape index (κ3) is 4.42. The summed E-state index contributed by atoms with van der Waals surface area (Å²) in [6, 6.07) is 7.85.